The van der Waals surface area contributed by atoms with Gasteiger partial charge in [-0.05, 0) is 5.56 Å². The van der Waals surface area contributed by atoms with Crippen molar-refractivity contribution in [3.8, 4) is 0 Å². The predicted molar refractivity (Wildman–Crippen MR) is 59.6 cm³/mol. The van der Waals surface area contributed by atoms with Crippen molar-refractivity contribution < 1.29 is 9.52 Å². The van der Waals surface area contributed by atoms with E-state index < -0.39 is 6.10 Å². The third-order valence-electron chi connectivity index (χ3n) is 2.05. The van der Waals surface area contributed by atoms with Gasteiger partial charge < -0.3 is 9.52 Å². The van der Waals surface area contributed by atoms with E-state index in [1.54, 1.807) is 6.20 Å². The van der Waals surface area contributed by atoms with Gasteiger partial charge in [0.15, 0.2) is 6.10 Å². The van der Waals surface area contributed by atoms with E-state index in [1.165, 1.54) is 0 Å². The van der Waals surface area contributed by atoms with Crippen molar-refractivity contribution in [3.05, 3.63) is 53.7 Å². The molecule has 0 saturated carbocycles. The second-order valence-corrected chi connectivity index (χ2v) is 3.67. The summed E-state index contributed by atoms with van der Waals surface area (Å²) in [4.78, 5) is 4.02. The quantitative estimate of drug-likeness (QED) is 0.870. The summed E-state index contributed by atoms with van der Waals surface area (Å²) in [6.07, 6.45) is 0.815. The Morgan fingerprint density at radius 1 is 1.33 bits per heavy atom. The third-order valence-corrected chi connectivity index (χ3v) is 2.61. The first-order chi connectivity index (χ1) is 7.31. The van der Waals surface area contributed by atoms with Gasteiger partial charge >= 0.3 is 0 Å². The van der Waals surface area contributed by atoms with Gasteiger partial charge in [0.25, 0.3) is 0 Å². The molecule has 4 heteroatoms. The van der Waals surface area contributed by atoms with Gasteiger partial charge in [-0.25, -0.2) is 4.98 Å². The van der Waals surface area contributed by atoms with Crippen LogP contribution in [-0.4, -0.2) is 10.1 Å². The summed E-state index contributed by atoms with van der Waals surface area (Å²) in [7, 11) is 0. The third kappa shape index (κ3) is 2.27. The molecule has 15 heavy (non-hydrogen) atoms. The Kier molecular flexibility index (Phi) is 3.18. The van der Waals surface area contributed by atoms with E-state index in [4.69, 9.17) is 4.42 Å². The van der Waals surface area contributed by atoms with Crippen LogP contribution in [0.3, 0.4) is 0 Å². The number of aliphatic hydroxyl groups excluding tert-OH is 1. The average molecular weight is 268 g/mol. The molecule has 1 N–H and O–H groups in total. The zero-order valence-corrected chi connectivity index (χ0v) is 9.52. The van der Waals surface area contributed by atoms with Gasteiger partial charge in [0.1, 0.15) is 5.76 Å². The fraction of sp³-hybridized carbons (Fsp3) is 0.182. The van der Waals surface area contributed by atoms with Crippen molar-refractivity contribution in [3.63, 3.8) is 0 Å². The molecule has 0 radical (unpaired) electrons. The number of oxazole rings is 1. The van der Waals surface area contributed by atoms with E-state index in [-0.39, 0.29) is 0 Å². The van der Waals surface area contributed by atoms with Crippen LogP contribution in [-0.2, 0) is 5.33 Å². The van der Waals surface area contributed by atoms with Gasteiger partial charge in [-0.1, -0.05) is 46.3 Å². The molecule has 0 amide bonds. The van der Waals surface area contributed by atoms with E-state index in [1.807, 2.05) is 30.3 Å². The Balaban J connectivity index is 2.24. The van der Waals surface area contributed by atoms with Gasteiger partial charge in [0, 0.05) is 0 Å². The molecule has 1 unspecified atom stereocenters. The highest BCUT2D eigenvalue weighted by atomic mass is 79.9. The van der Waals surface area contributed by atoms with Crippen molar-refractivity contribution in [2.24, 2.45) is 0 Å². The molecular weight excluding hydrogens is 258 g/mol. The van der Waals surface area contributed by atoms with Crippen molar-refractivity contribution in [1.82, 2.24) is 4.98 Å². The first-order valence-corrected chi connectivity index (χ1v) is 5.67. The number of hydrogen-bond acceptors (Lipinski definition) is 3. The summed E-state index contributed by atoms with van der Waals surface area (Å²) in [5, 5.41) is 10.5. The molecule has 0 aliphatic carbocycles. The summed E-state index contributed by atoms with van der Waals surface area (Å²) in [6.45, 7) is 0. The highest BCUT2D eigenvalue weighted by Crippen LogP contribution is 2.21. The number of benzene rings is 1. The summed E-state index contributed by atoms with van der Waals surface area (Å²) < 4.78 is 5.34. The molecule has 0 bridgehead atoms. The predicted octanol–water partition coefficient (Wildman–Crippen LogP) is 2.65. The van der Waals surface area contributed by atoms with E-state index in [0.29, 0.717) is 17.0 Å². The van der Waals surface area contributed by atoms with Crippen LogP contribution in [0.1, 0.15) is 23.3 Å². The standard InChI is InChI=1S/C11H10BrNO2/c12-6-9-7-13-11(15-9)10(14)8-4-2-1-3-5-8/h1-5,7,10,14H,6H2. The zero-order chi connectivity index (χ0) is 10.7. The van der Waals surface area contributed by atoms with Crippen molar-refractivity contribution in [2.45, 2.75) is 11.4 Å². The number of hydrogen-bond donors (Lipinski definition) is 1. The smallest absolute Gasteiger partial charge is 0.227 e. The average Bonchev–Trinajstić information content (AvgIpc) is 2.78. The Labute approximate surface area is 95.9 Å². The van der Waals surface area contributed by atoms with E-state index in [2.05, 4.69) is 20.9 Å². The zero-order valence-electron chi connectivity index (χ0n) is 7.93. The maximum Gasteiger partial charge on any atom is 0.227 e. The Hall–Kier alpha value is -1.13. The lowest BCUT2D eigenvalue weighted by atomic mass is 10.1. The minimum absolute atomic E-state index is 0.329. The SMILES string of the molecule is OC(c1ccccc1)c1ncc(CBr)o1. The molecule has 1 aromatic carbocycles. The number of aliphatic hydroxyl groups is 1. The highest BCUT2D eigenvalue weighted by Gasteiger charge is 2.15. The van der Waals surface area contributed by atoms with Crippen LogP contribution in [0.4, 0.5) is 0 Å². The fourth-order valence-corrected chi connectivity index (χ4v) is 1.55. The lowest BCUT2D eigenvalue weighted by Crippen LogP contribution is -1.98. The fourth-order valence-electron chi connectivity index (χ4n) is 1.29. The number of halogens is 1. The van der Waals surface area contributed by atoms with E-state index >= 15 is 0 Å². The highest BCUT2D eigenvalue weighted by molar-refractivity contribution is 9.08. The van der Waals surface area contributed by atoms with Crippen LogP contribution in [0.15, 0.2) is 40.9 Å². The minimum Gasteiger partial charge on any atom is -0.442 e. The number of alkyl halides is 1. The van der Waals surface area contributed by atoms with Crippen LogP contribution < -0.4 is 0 Å². The molecule has 3 nitrogen and oxygen atoms in total. The molecular formula is C11H10BrNO2. The maximum atomic E-state index is 9.93. The first-order valence-electron chi connectivity index (χ1n) is 4.55. The van der Waals surface area contributed by atoms with Gasteiger partial charge in [-0.2, -0.15) is 0 Å². The molecule has 0 spiro atoms. The maximum absolute atomic E-state index is 9.93. The number of nitrogens with zero attached hydrogens (tertiary/aromatic N) is 1. The summed E-state index contributed by atoms with van der Waals surface area (Å²) in [6, 6.07) is 9.31. The Morgan fingerprint density at radius 2 is 2.07 bits per heavy atom. The van der Waals surface area contributed by atoms with Crippen LogP contribution >= 0.6 is 15.9 Å². The molecule has 78 valence electrons. The summed E-state index contributed by atoms with van der Waals surface area (Å²) >= 11 is 3.26. The second-order valence-electron chi connectivity index (χ2n) is 3.11. The van der Waals surface area contributed by atoms with Gasteiger partial charge in [-0.3, -0.25) is 0 Å². The summed E-state index contributed by atoms with van der Waals surface area (Å²) in [5.74, 6) is 1.04. The minimum atomic E-state index is -0.793. The number of rotatable bonds is 3. The van der Waals surface area contributed by atoms with Crippen LogP contribution in [0.2, 0.25) is 0 Å². The van der Waals surface area contributed by atoms with Crippen molar-refractivity contribution in [2.75, 3.05) is 0 Å². The van der Waals surface area contributed by atoms with E-state index in [9.17, 15) is 5.11 Å². The summed E-state index contributed by atoms with van der Waals surface area (Å²) in [5.41, 5.74) is 0.778. The molecule has 0 aliphatic rings. The molecule has 1 atom stereocenters. The first kappa shape index (κ1) is 10.4. The normalized spacial score (nSPS) is 12.7. The largest absolute Gasteiger partial charge is 0.442 e. The molecule has 0 saturated heterocycles. The van der Waals surface area contributed by atoms with Gasteiger partial charge in [0.05, 0.1) is 11.5 Å². The lowest BCUT2D eigenvalue weighted by molar-refractivity contribution is 0.181. The molecule has 1 heterocycles. The Bertz CT molecular complexity index is 427. The molecule has 2 rings (SSSR count). The molecule has 2 aromatic rings. The van der Waals surface area contributed by atoms with Crippen LogP contribution in [0.25, 0.3) is 0 Å². The lowest BCUT2D eigenvalue weighted by Gasteiger charge is -2.05. The molecule has 0 aliphatic heterocycles. The Morgan fingerprint density at radius 3 is 2.67 bits per heavy atom. The topological polar surface area (TPSA) is 46.3 Å². The number of aromatic nitrogens is 1. The monoisotopic (exact) mass is 267 g/mol. The molecule has 1 aromatic heterocycles. The van der Waals surface area contributed by atoms with Crippen LogP contribution in [0, 0.1) is 0 Å². The van der Waals surface area contributed by atoms with Crippen molar-refractivity contribution >= 4 is 15.9 Å². The van der Waals surface area contributed by atoms with Crippen molar-refractivity contribution in [1.29, 1.82) is 0 Å². The van der Waals surface area contributed by atoms with Gasteiger partial charge in [-0.15, -0.1) is 0 Å². The molecule has 0 fully saturated rings. The van der Waals surface area contributed by atoms with Crippen LogP contribution in [0.5, 0.6) is 0 Å². The van der Waals surface area contributed by atoms with E-state index in [0.717, 1.165) is 5.56 Å². The van der Waals surface area contributed by atoms with Gasteiger partial charge in [0.2, 0.25) is 5.89 Å². The second kappa shape index (κ2) is 4.59.